The minimum atomic E-state index is -0.835. The van der Waals surface area contributed by atoms with Gasteiger partial charge in [-0.15, -0.1) is 0 Å². The summed E-state index contributed by atoms with van der Waals surface area (Å²) in [5, 5.41) is 86.5. The SMILES string of the molecule is Cc1ccc(C2=NC34c5c6c7c8c9c%10c(c%11c%12c3c3c5c5c%13c6c6c7c7c9c9c%14c%10c%10c%11c%11c%12c%12c3c3c5c5c%13c%13c6c6c7c9c7c9c%14c%10c%10c%11c%11c%12c3c3c5c5c%13c6c7c6c9c%10c%11c3c56)C84O2)cc1. The van der Waals surface area contributed by atoms with Crippen LogP contribution in [0.4, 0.5) is 0 Å². The van der Waals surface area contributed by atoms with Crippen LogP contribution >= 0.6 is 0 Å². The zero-order valence-corrected chi connectivity index (χ0v) is 35.7. The second kappa shape index (κ2) is 5.70. The molecule has 4 aliphatic carbocycles. The number of aryl methyl sites for hydroxylation is 1. The topological polar surface area (TPSA) is 21.6 Å². The van der Waals surface area contributed by atoms with E-state index in [1.54, 1.807) is 291 Å². The van der Waals surface area contributed by atoms with Crippen LogP contribution in [0.3, 0.4) is 0 Å². The Kier molecular flexibility index (Phi) is 2.08. The quantitative estimate of drug-likeness (QED) is 0.151. The number of rotatable bonds is 1. The van der Waals surface area contributed by atoms with E-state index in [0.717, 1.165) is 11.5 Å². The molecule has 0 N–H and O–H groups in total. The fourth-order valence-corrected chi connectivity index (χ4v) is 24.6. The monoisotopic (exact) mass is 853 g/mol. The number of benzene rings is 19. The Labute approximate surface area is 380 Å². The van der Waals surface area contributed by atoms with E-state index >= 15 is 0 Å². The van der Waals surface area contributed by atoms with Crippen LogP contribution in [-0.2, 0) is 15.9 Å². The van der Waals surface area contributed by atoms with Gasteiger partial charge in [0.25, 0.3) is 0 Å². The van der Waals surface area contributed by atoms with Crippen LogP contribution in [0.1, 0.15) is 33.4 Å². The van der Waals surface area contributed by atoms with Crippen molar-refractivity contribution in [2.75, 3.05) is 0 Å². The lowest BCUT2D eigenvalue weighted by atomic mass is 9.60. The molecule has 1 aliphatic heterocycles. The van der Waals surface area contributed by atoms with Crippen molar-refractivity contribution in [3.05, 3.63) is 57.6 Å². The van der Waals surface area contributed by atoms with Crippen LogP contribution in [0.5, 0.6) is 0 Å². The highest BCUT2D eigenvalue weighted by atomic mass is 16.5. The number of hydrogen-bond donors (Lipinski definition) is 0. The Hall–Kier alpha value is -8.85. The molecule has 0 fully saturated rings. The predicted molar refractivity (Wildman–Crippen MR) is 293 cm³/mol. The van der Waals surface area contributed by atoms with E-state index in [-0.39, 0.29) is 0 Å². The van der Waals surface area contributed by atoms with Gasteiger partial charge in [0.15, 0.2) is 11.1 Å². The van der Waals surface area contributed by atoms with Crippen LogP contribution in [0, 0.1) is 6.92 Å². The maximum atomic E-state index is 8.52. The third kappa shape index (κ3) is 1.33. The average Bonchev–Trinajstić information content (AvgIpc) is 4.30. The first-order chi connectivity index (χ1) is 34.8. The smallest absolute Gasteiger partial charge is 0.218 e. The Balaban J connectivity index is 1.17. The molecule has 0 radical (unpaired) electrons. The summed E-state index contributed by atoms with van der Waals surface area (Å²) in [6.07, 6.45) is 0. The van der Waals surface area contributed by atoms with Crippen molar-refractivity contribution < 1.29 is 4.74 Å². The third-order valence-corrected chi connectivity index (χ3v) is 25.0. The molecule has 1 heterocycles. The standard InChI is InChI=1S/C68H7NO/c1-6-2-4-7(5-3-6)66-69-67-62-54-46-36-26-18-10-8-9-12-16-14(10)22-30-24(16)34-28-20(12)21-13(9)17-15-11(8)19(18)27-33-23(15)31-25(17)35-29(21)39-38(28)50-44(34)52-42(30)48(40(46)32(22)26)56(62)58(52)64-60(50)61-51(39)45(35)53-43(31)49-41(33)47(37(27)36)55(54)63(67)57(49)59(53)65(61)68(64,67)70-66/h2-5H,1H3. The molecule has 0 saturated heterocycles. The lowest BCUT2D eigenvalue weighted by Crippen LogP contribution is -2.49. The Morgan fingerprint density at radius 3 is 0.643 bits per heavy atom. The van der Waals surface area contributed by atoms with Crippen LogP contribution in [0.15, 0.2) is 29.3 Å². The first-order valence-electron chi connectivity index (χ1n) is 25.9. The summed E-state index contributed by atoms with van der Waals surface area (Å²) in [7, 11) is 0. The Bertz CT molecular complexity index is 7270. The highest BCUT2D eigenvalue weighted by Gasteiger charge is 2.74. The number of nitrogens with zero attached hydrogens (tertiary/aromatic N) is 1. The van der Waals surface area contributed by atoms with Crippen molar-refractivity contribution in [2.45, 2.75) is 18.1 Å². The van der Waals surface area contributed by atoms with Gasteiger partial charge in [0.05, 0.1) is 0 Å². The normalized spacial score (nSPS) is 22.4. The van der Waals surface area contributed by atoms with Gasteiger partial charge < -0.3 is 4.74 Å². The molecule has 0 unspecified atom stereocenters. The van der Waals surface area contributed by atoms with Crippen molar-refractivity contribution in [1.82, 2.24) is 0 Å². The fraction of sp³-hybridized carbons (Fsp3) is 0.0441. The van der Waals surface area contributed by atoms with Gasteiger partial charge in [0.2, 0.25) is 5.90 Å². The maximum Gasteiger partial charge on any atom is 0.218 e. The summed E-state index contributed by atoms with van der Waals surface area (Å²) in [5.74, 6) is 0.843. The number of hydrogen-bond acceptors (Lipinski definition) is 2. The molecule has 0 atom stereocenters. The molecule has 0 saturated carbocycles. The first kappa shape index (κ1) is 25.5. The van der Waals surface area contributed by atoms with E-state index in [9.17, 15) is 0 Å². The number of ether oxygens (including phenoxy) is 1. The van der Waals surface area contributed by atoms with Crippen molar-refractivity contribution in [2.24, 2.45) is 4.99 Å². The van der Waals surface area contributed by atoms with Gasteiger partial charge in [0, 0.05) is 27.8 Å². The molecule has 29 aromatic carbocycles. The predicted octanol–water partition coefficient (Wildman–Crippen LogP) is 18.0. The van der Waals surface area contributed by atoms with Crippen LogP contribution in [0.25, 0.3) is 291 Å². The molecule has 0 aromatic heterocycles. The van der Waals surface area contributed by atoms with Gasteiger partial charge in [0.1, 0.15) is 0 Å². The van der Waals surface area contributed by atoms with E-state index in [0.29, 0.717) is 0 Å². The molecule has 0 amide bonds. The molecule has 2 spiro atoms. The molecule has 2 heteroatoms. The lowest BCUT2D eigenvalue weighted by Gasteiger charge is -2.46. The van der Waals surface area contributed by atoms with Crippen molar-refractivity contribution in [3.63, 3.8) is 0 Å². The van der Waals surface area contributed by atoms with Crippen LogP contribution in [0.2, 0.25) is 0 Å². The average molecular weight is 854 g/mol. The lowest BCUT2D eigenvalue weighted by molar-refractivity contribution is 0.0712. The van der Waals surface area contributed by atoms with Gasteiger partial charge in [-0.1, -0.05) is 17.7 Å². The summed E-state index contributed by atoms with van der Waals surface area (Å²) < 4.78 is 8.52. The molecule has 34 rings (SSSR count). The second-order valence-corrected chi connectivity index (χ2v) is 25.5. The van der Waals surface area contributed by atoms with Gasteiger partial charge in [-0.05, 0) is 310 Å². The fourth-order valence-electron chi connectivity index (χ4n) is 24.6. The summed E-state index contributed by atoms with van der Waals surface area (Å²) in [4.78, 5) is 6.58. The number of aliphatic imine (C=N–C) groups is 1. The molecular formula is C68H7NO. The van der Waals surface area contributed by atoms with E-state index < -0.39 is 11.1 Å². The summed E-state index contributed by atoms with van der Waals surface area (Å²) >= 11 is 0. The molecule has 70 heavy (non-hydrogen) atoms. The van der Waals surface area contributed by atoms with Gasteiger partial charge in [-0.2, -0.15) is 0 Å². The summed E-state index contributed by atoms with van der Waals surface area (Å²) in [6, 6.07) is 9.19. The Morgan fingerprint density at radius 1 is 0.243 bits per heavy atom. The first-order valence-corrected chi connectivity index (χ1v) is 25.9. The minimum Gasteiger partial charge on any atom is -0.457 e. The molecule has 5 aliphatic rings. The van der Waals surface area contributed by atoms with Gasteiger partial charge in [-0.25, -0.2) is 4.99 Å². The second-order valence-electron chi connectivity index (χ2n) is 25.5. The zero-order valence-electron chi connectivity index (χ0n) is 35.7. The van der Waals surface area contributed by atoms with E-state index in [1.165, 1.54) is 27.8 Å². The molecule has 29 aromatic rings. The molecular weight excluding hydrogens is 847 g/mol. The highest BCUT2D eigenvalue weighted by molar-refractivity contribution is 6.82. The molecule has 0 bridgehead atoms. The van der Waals surface area contributed by atoms with Gasteiger partial charge in [-0.3, -0.25) is 0 Å². The largest absolute Gasteiger partial charge is 0.457 e. The van der Waals surface area contributed by atoms with Crippen LogP contribution in [-0.4, -0.2) is 5.90 Å². The zero-order chi connectivity index (χ0) is 41.5. The molecule has 2 nitrogen and oxygen atoms in total. The van der Waals surface area contributed by atoms with Crippen LogP contribution < -0.4 is 0 Å². The maximum absolute atomic E-state index is 8.52. The van der Waals surface area contributed by atoms with Gasteiger partial charge >= 0.3 is 0 Å². The van der Waals surface area contributed by atoms with E-state index in [4.69, 9.17) is 9.73 Å². The summed E-state index contributed by atoms with van der Waals surface area (Å²) in [6.45, 7) is 2.21. The van der Waals surface area contributed by atoms with Crippen molar-refractivity contribution in [1.29, 1.82) is 0 Å². The van der Waals surface area contributed by atoms with Crippen molar-refractivity contribution >= 4 is 297 Å². The minimum absolute atomic E-state index is 0.765. The molecule has 290 valence electrons. The Morgan fingerprint density at radius 2 is 0.429 bits per heavy atom. The van der Waals surface area contributed by atoms with E-state index in [2.05, 4.69) is 31.2 Å². The third-order valence-electron chi connectivity index (χ3n) is 25.0. The summed E-state index contributed by atoms with van der Waals surface area (Å²) in [5.41, 5.74) is 6.81. The van der Waals surface area contributed by atoms with E-state index in [1.807, 2.05) is 0 Å². The highest BCUT2D eigenvalue weighted by Crippen LogP contribution is 2.85. The van der Waals surface area contributed by atoms with Crippen molar-refractivity contribution in [3.8, 4) is 0 Å².